The van der Waals surface area contributed by atoms with Crippen LogP contribution in [-0.4, -0.2) is 0 Å². The Morgan fingerprint density at radius 3 is 1.86 bits per heavy atom. The van der Waals surface area contributed by atoms with Gasteiger partial charge in [-0.3, -0.25) is 8.78 Å². The van der Waals surface area contributed by atoms with E-state index >= 15 is 0 Å². The molecule has 1 radical (unpaired) electrons. The molecule has 0 bridgehead atoms. The van der Waals surface area contributed by atoms with Gasteiger partial charge in [-0.05, 0) is 5.53 Å². The van der Waals surface area contributed by atoms with Crippen molar-refractivity contribution >= 4 is 5.69 Å². The van der Waals surface area contributed by atoms with Crippen molar-refractivity contribution in [1.82, 2.24) is 0 Å². The predicted octanol–water partition coefficient (Wildman–Crippen LogP) is 2.98. The van der Waals surface area contributed by atoms with Crippen molar-refractivity contribution in [2.24, 2.45) is 5.11 Å². The molecule has 0 unspecified atom stereocenters. The summed E-state index contributed by atoms with van der Waals surface area (Å²) in [7, 11) is 0. The molecular weight excluding hydrogens is 279 g/mol. The molecule has 71 valence electrons. The summed E-state index contributed by atoms with van der Waals surface area (Å²) >= 11 is 0. The maximum absolute atomic E-state index is 12.6. The van der Waals surface area contributed by atoms with E-state index in [-0.39, 0.29) is 32.7 Å². The van der Waals surface area contributed by atoms with E-state index in [9.17, 15) is 17.6 Å². The zero-order valence-electron chi connectivity index (χ0n) is 6.43. The van der Waals surface area contributed by atoms with Crippen LogP contribution in [0, 0.1) is 29.3 Å². The first-order chi connectivity index (χ1) is 6.07. The molecule has 0 aliphatic rings. The molecule has 0 atom stereocenters. The molecule has 1 rings (SSSR count). The SMILES string of the molecule is [N-]=[N+]=Nc1c(F)c(F)[c-]c(F)c1F.[Y]. The second-order valence-electron chi connectivity index (χ2n) is 1.92. The molecule has 8 heteroatoms. The van der Waals surface area contributed by atoms with E-state index < -0.39 is 29.0 Å². The Hall–Kier alpha value is -0.646. The third-order valence-electron chi connectivity index (χ3n) is 1.17. The van der Waals surface area contributed by atoms with Crippen LogP contribution in [0.3, 0.4) is 0 Å². The molecule has 0 aliphatic carbocycles. The Labute approximate surface area is 101 Å². The summed E-state index contributed by atoms with van der Waals surface area (Å²) in [4.78, 5) is 2.01. The van der Waals surface area contributed by atoms with Gasteiger partial charge in [0.1, 0.15) is 0 Å². The third kappa shape index (κ3) is 2.44. The minimum absolute atomic E-state index is 0. The molecule has 1 aromatic rings. The molecule has 14 heavy (non-hydrogen) atoms. The summed E-state index contributed by atoms with van der Waals surface area (Å²) in [6.07, 6.45) is 0. The molecule has 0 saturated heterocycles. The van der Waals surface area contributed by atoms with Crippen molar-refractivity contribution < 1.29 is 50.3 Å². The molecule has 0 spiro atoms. The molecule has 0 fully saturated rings. The van der Waals surface area contributed by atoms with Crippen molar-refractivity contribution in [3.8, 4) is 0 Å². The van der Waals surface area contributed by atoms with Gasteiger partial charge in [-0.15, -0.1) is 6.07 Å². The maximum atomic E-state index is 12.6. The summed E-state index contributed by atoms with van der Waals surface area (Å²) < 4.78 is 49.7. The Kier molecular flexibility index (Phi) is 5.04. The summed E-state index contributed by atoms with van der Waals surface area (Å²) in [6, 6.07) is 1.14. The van der Waals surface area contributed by atoms with Gasteiger partial charge in [-0.1, -0.05) is 5.11 Å². The van der Waals surface area contributed by atoms with Crippen LogP contribution in [0.4, 0.5) is 23.2 Å². The maximum Gasteiger partial charge on any atom is 0.0557 e. The van der Waals surface area contributed by atoms with E-state index in [1.165, 1.54) is 0 Å². The first-order valence-corrected chi connectivity index (χ1v) is 2.88. The van der Waals surface area contributed by atoms with Gasteiger partial charge in [0.15, 0.2) is 0 Å². The fraction of sp³-hybridized carbons (Fsp3) is 0. The second-order valence-corrected chi connectivity index (χ2v) is 1.92. The van der Waals surface area contributed by atoms with Crippen LogP contribution in [0.15, 0.2) is 5.11 Å². The van der Waals surface area contributed by atoms with Gasteiger partial charge in [0.05, 0.1) is 11.6 Å². The van der Waals surface area contributed by atoms with Crippen molar-refractivity contribution in [3.05, 3.63) is 39.8 Å². The number of azide groups is 1. The van der Waals surface area contributed by atoms with Crippen LogP contribution < -0.4 is 0 Å². The second kappa shape index (κ2) is 5.29. The average molecular weight is 279 g/mol. The quantitative estimate of drug-likeness (QED) is 0.189. The van der Waals surface area contributed by atoms with E-state index in [1.807, 2.05) is 4.91 Å². The van der Waals surface area contributed by atoms with Crippen LogP contribution in [0.2, 0.25) is 0 Å². The van der Waals surface area contributed by atoms with Crippen molar-refractivity contribution in [3.63, 3.8) is 0 Å². The monoisotopic (exact) mass is 279 g/mol. The van der Waals surface area contributed by atoms with Crippen LogP contribution in [0.5, 0.6) is 0 Å². The minimum atomic E-state index is -1.77. The summed E-state index contributed by atoms with van der Waals surface area (Å²) in [5.41, 5.74) is 6.48. The molecule has 0 N–H and O–H groups in total. The number of hydrogen-bond donors (Lipinski definition) is 0. The molecule has 0 amide bonds. The van der Waals surface area contributed by atoms with Gasteiger partial charge in [0.25, 0.3) is 0 Å². The van der Waals surface area contributed by atoms with Gasteiger partial charge < -0.3 is 0 Å². The fourth-order valence-corrected chi connectivity index (χ4v) is 0.643. The smallest absolute Gasteiger partial charge is 0.0557 e. The zero-order valence-corrected chi connectivity index (χ0v) is 9.27. The van der Waals surface area contributed by atoms with Crippen LogP contribution in [0.25, 0.3) is 10.4 Å². The number of nitrogens with zero attached hydrogens (tertiary/aromatic N) is 3. The van der Waals surface area contributed by atoms with Crippen molar-refractivity contribution in [2.45, 2.75) is 0 Å². The van der Waals surface area contributed by atoms with Gasteiger partial charge in [-0.2, -0.15) is 0 Å². The standard InChI is InChI=1S/C6F4N3.Y/c7-2-1-3(8)5(10)6(4(2)9)12-13-11;/q-1;. The number of rotatable bonds is 1. The molecular formula is C6F4N3Y-. The average Bonchev–Trinajstić information content (AvgIpc) is 2.09. The van der Waals surface area contributed by atoms with E-state index in [4.69, 9.17) is 5.53 Å². The fourth-order valence-electron chi connectivity index (χ4n) is 0.643. The van der Waals surface area contributed by atoms with E-state index in [2.05, 4.69) is 5.11 Å². The Balaban J connectivity index is 0.00000169. The van der Waals surface area contributed by atoms with E-state index in [1.54, 1.807) is 0 Å². The predicted molar refractivity (Wildman–Crippen MR) is 33.9 cm³/mol. The summed E-state index contributed by atoms with van der Waals surface area (Å²) in [5, 5.41) is 2.46. The third-order valence-corrected chi connectivity index (χ3v) is 1.17. The number of halogens is 4. The van der Waals surface area contributed by atoms with Crippen molar-refractivity contribution in [2.75, 3.05) is 0 Å². The molecule has 3 nitrogen and oxygen atoms in total. The molecule has 1 aromatic carbocycles. The van der Waals surface area contributed by atoms with Gasteiger partial charge >= 0.3 is 0 Å². The molecule has 0 aliphatic heterocycles. The minimum Gasteiger partial charge on any atom is -0.281 e. The first kappa shape index (κ1) is 13.4. The Morgan fingerprint density at radius 1 is 1.07 bits per heavy atom. The van der Waals surface area contributed by atoms with Gasteiger partial charge in [0, 0.05) is 54.9 Å². The van der Waals surface area contributed by atoms with Crippen LogP contribution >= 0.6 is 0 Å². The topological polar surface area (TPSA) is 48.8 Å². The van der Waals surface area contributed by atoms with Gasteiger partial charge in [0.2, 0.25) is 0 Å². The summed E-state index contributed by atoms with van der Waals surface area (Å²) in [5.74, 6) is -7.00. The van der Waals surface area contributed by atoms with Crippen molar-refractivity contribution in [1.29, 1.82) is 0 Å². The number of hydrogen-bond acceptors (Lipinski definition) is 1. The zero-order chi connectivity index (χ0) is 10.0. The Morgan fingerprint density at radius 2 is 1.50 bits per heavy atom. The van der Waals surface area contributed by atoms with E-state index in [0.29, 0.717) is 0 Å². The summed E-state index contributed by atoms with van der Waals surface area (Å²) in [6.45, 7) is 0. The Bertz CT molecular complexity index is 376. The van der Waals surface area contributed by atoms with Crippen LogP contribution in [-0.2, 0) is 32.7 Å². The largest absolute Gasteiger partial charge is 0.281 e. The first-order valence-electron chi connectivity index (χ1n) is 2.88. The normalized spacial score (nSPS) is 8.86. The van der Waals surface area contributed by atoms with Crippen LogP contribution in [0.1, 0.15) is 0 Å². The van der Waals surface area contributed by atoms with Gasteiger partial charge in [-0.25, -0.2) is 8.78 Å². The van der Waals surface area contributed by atoms with E-state index in [0.717, 1.165) is 6.07 Å². The number of benzene rings is 1. The molecule has 0 aromatic heterocycles. The molecule has 0 heterocycles. The molecule has 0 saturated carbocycles.